The number of amides is 1. The molecule has 22 heavy (non-hydrogen) atoms. The molecule has 6 heteroatoms. The lowest BCUT2D eigenvalue weighted by atomic mass is 9.78. The average Bonchev–Trinajstić information content (AvgIpc) is 2.94. The van der Waals surface area contributed by atoms with E-state index in [0.29, 0.717) is 17.6 Å². The standard InChI is InChI=1S/C16H17BN2O3/c1-2-15(11-5-7-18-8-6-11)19-16(20)12-3-4-13-10-22-17(21)14(13)9-12/h3-9,15,21H,2,10H2,1H3,(H,19,20). The fourth-order valence-electron chi connectivity index (χ4n) is 2.61. The molecule has 0 bridgehead atoms. The van der Waals surface area contributed by atoms with Gasteiger partial charge in [-0.3, -0.25) is 9.78 Å². The van der Waals surface area contributed by atoms with Crippen molar-refractivity contribution < 1.29 is 14.5 Å². The summed E-state index contributed by atoms with van der Waals surface area (Å²) in [6.07, 6.45) is 4.22. The number of hydrogen-bond donors (Lipinski definition) is 2. The van der Waals surface area contributed by atoms with E-state index < -0.39 is 7.12 Å². The molecule has 1 unspecified atom stereocenters. The molecule has 1 amide bonds. The third-order valence-corrected chi connectivity index (χ3v) is 3.89. The lowest BCUT2D eigenvalue weighted by Crippen LogP contribution is -2.32. The fraction of sp³-hybridized carbons (Fsp3) is 0.250. The number of pyridine rings is 1. The number of fused-ring (bicyclic) bond motifs is 1. The first-order valence-electron chi connectivity index (χ1n) is 7.32. The second kappa shape index (κ2) is 6.29. The number of carbonyl (C=O) groups is 1. The van der Waals surface area contributed by atoms with E-state index in [-0.39, 0.29) is 11.9 Å². The lowest BCUT2D eigenvalue weighted by Gasteiger charge is -2.17. The summed E-state index contributed by atoms with van der Waals surface area (Å²) in [5, 5.41) is 12.7. The quantitative estimate of drug-likeness (QED) is 0.831. The predicted molar refractivity (Wildman–Crippen MR) is 83.6 cm³/mol. The van der Waals surface area contributed by atoms with Crippen LogP contribution >= 0.6 is 0 Å². The van der Waals surface area contributed by atoms with E-state index in [2.05, 4.69) is 10.3 Å². The minimum atomic E-state index is -0.940. The van der Waals surface area contributed by atoms with Gasteiger partial charge in [-0.2, -0.15) is 0 Å². The number of rotatable bonds is 4. The van der Waals surface area contributed by atoms with Crippen LogP contribution in [-0.2, 0) is 11.3 Å². The van der Waals surface area contributed by atoms with Gasteiger partial charge in [0.25, 0.3) is 5.91 Å². The van der Waals surface area contributed by atoms with Gasteiger partial charge in [-0.25, -0.2) is 0 Å². The maximum atomic E-state index is 12.4. The van der Waals surface area contributed by atoms with Gasteiger partial charge in [0.05, 0.1) is 12.6 Å². The van der Waals surface area contributed by atoms with Crippen molar-refractivity contribution in [1.29, 1.82) is 0 Å². The van der Waals surface area contributed by atoms with E-state index in [1.165, 1.54) is 0 Å². The molecular weight excluding hydrogens is 279 g/mol. The Morgan fingerprint density at radius 1 is 1.41 bits per heavy atom. The fourth-order valence-corrected chi connectivity index (χ4v) is 2.61. The van der Waals surface area contributed by atoms with Gasteiger partial charge in [0.1, 0.15) is 0 Å². The highest BCUT2D eigenvalue weighted by molar-refractivity contribution is 6.61. The zero-order valence-electron chi connectivity index (χ0n) is 12.3. The Bertz CT molecular complexity index is 678. The highest BCUT2D eigenvalue weighted by Crippen LogP contribution is 2.17. The highest BCUT2D eigenvalue weighted by atomic mass is 16.5. The van der Waals surface area contributed by atoms with Crippen LogP contribution in [-0.4, -0.2) is 23.0 Å². The van der Waals surface area contributed by atoms with E-state index in [4.69, 9.17) is 4.65 Å². The maximum Gasteiger partial charge on any atom is 0.491 e. The highest BCUT2D eigenvalue weighted by Gasteiger charge is 2.28. The molecule has 2 aromatic rings. The minimum absolute atomic E-state index is 0.0649. The summed E-state index contributed by atoms with van der Waals surface area (Å²) in [5.41, 5.74) is 3.14. The van der Waals surface area contributed by atoms with E-state index in [9.17, 15) is 9.82 Å². The summed E-state index contributed by atoms with van der Waals surface area (Å²) in [4.78, 5) is 16.4. The van der Waals surface area contributed by atoms with Gasteiger partial charge in [0.2, 0.25) is 0 Å². The molecule has 1 aliphatic rings. The van der Waals surface area contributed by atoms with Crippen LogP contribution in [0.4, 0.5) is 0 Å². The zero-order chi connectivity index (χ0) is 15.5. The molecule has 1 aromatic carbocycles. The van der Waals surface area contributed by atoms with Crippen molar-refractivity contribution in [2.45, 2.75) is 26.0 Å². The Hall–Kier alpha value is -2.18. The molecule has 0 fully saturated rings. The van der Waals surface area contributed by atoms with Crippen LogP contribution in [0.5, 0.6) is 0 Å². The molecule has 0 saturated carbocycles. The number of hydrogen-bond acceptors (Lipinski definition) is 4. The Morgan fingerprint density at radius 3 is 2.91 bits per heavy atom. The molecule has 5 nitrogen and oxygen atoms in total. The van der Waals surface area contributed by atoms with Gasteiger partial charge >= 0.3 is 7.12 Å². The van der Waals surface area contributed by atoms with Crippen molar-refractivity contribution in [3.05, 3.63) is 59.4 Å². The molecule has 0 saturated heterocycles. The predicted octanol–water partition coefficient (Wildman–Crippen LogP) is 1.18. The van der Waals surface area contributed by atoms with Gasteiger partial charge < -0.3 is 15.0 Å². The molecule has 1 aliphatic heterocycles. The Morgan fingerprint density at radius 2 is 2.18 bits per heavy atom. The van der Waals surface area contributed by atoms with Crippen LogP contribution < -0.4 is 10.8 Å². The summed E-state index contributed by atoms with van der Waals surface area (Å²) < 4.78 is 5.15. The molecule has 112 valence electrons. The van der Waals surface area contributed by atoms with Crippen molar-refractivity contribution in [3.8, 4) is 0 Å². The van der Waals surface area contributed by atoms with Crippen LogP contribution in [0.3, 0.4) is 0 Å². The molecule has 2 heterocycles. The molecular formula is C16H17BN2O3. The maximum absolute atomic E-state index is 12.4. The lowest BCUT2D eigenvalue weighted by molar-refractivity contribution is 0.0935. The van der Waals surface area contributed by atoms with Crippen molar-refractivity contribution in [1.82, 2.24) is 10.3 Å². The number of benzene rings is 1. The van der Waals surface area contributed by atoms with Crippen molar-refractivity contribution in [3.63, 3.8) is 0 Å². The molecule has 2 N–H and O–H groups in total. The van der Waals surface area contributed by atoms with E-state index in [0.717, 1.165) is 17.5 Å². The van der Waals surface area contributed by atoms with Crippen LogP contribution in [0.25, 0.3) is 0 Å². The Labute approximate surface area is 129 Å². The number of nitrogens with one attached hydrogen (secondary N) is 1. The normalized spacial score (nSPS) is 14.5. The largest absolute Gasteiger partial charge is 0.491 e. The van der Waals surface area contributed by atoms with Crippen molar-refractivity contribution in [2.24, 2.45) is 0 Å². The summed E-state index contributed by atoms with van der Waals surface area (Å²) >= 11 is 0. The molecule has 0 radical (unpaired) electrons. The molecule has 0 aliphatic carbocycles. The van der Waals surface area contributed by atoms with Crippen molar-refractivity contribution >= 4 is 18.5 Å². The first-order valence-corrected chi connectivity index (χ1v) is 7.32. The van der Waals surface area contributed by atoms with Crippen LogP contribution in [0, 0.1) is 0 Å². The molecule has 3 rings (SSSR count). The van der Waals surface area contributed by atoms with Crippen LogP contribution in [0.15, 0.2) is 42.7 Å². The minimum Gasteiger partial charge on any atom is -0.423 e. The third kappa shape index (κ3) is 2.88. The smallest absolute Gasteiger partial charge is 0.423 e. The Kier molecular flexibility index (Phi) is 4.22. The first-order chi connectivity index (χ1) is 10.7. The van der Waals surface area contributed by atoms with E-state index >= 15 is 0 Å². The number of aromatic nitrogens is 1. The zero-order valence-corrected chi connectivity index (χ0v) is 12.3. The third-order valence-electron chi connectivity index (χ3n) is 3.89. The van der Waals surface area contributed by atoms with Gasteiger partial charge in [0, 0.05) is 18.0 Å². The van der Waals surface area contributed by atoms with Gasteiger partial charge in [0.15, 0.2) is 0 Å². The second-order valence-electron chi connectivity index (χ2n) is 5.29. The summed E-state index contributed by atoms with van der Waals surface area (Å²) in [5.74, 6) is -0.162. The number of carbonyl (C=O) groups excluding carboxylic acids is 1. The van der Waals surface area contributed by atoms with Gasteiger partial charge in [-0.15, -0.1) is 0 Å². The van der Waals surface area contributed by atoms with E-state index in [1.807, 2.05) is 25.1 Å². The Balaban J connectivity index is 1.78. The molecule has 0 spiro atoms. The summed E-state index contributed by atoms with van der Waals surface area (Å²) in [6.45, 7) is 2.40. The molecule has 1 atom stereocenters. The SMILES string of the molecule is CCC(NC(=O)c1ccc2c(c1)B(O)OC2)c1ccncc1. The molecule has 1 aromatic heterocycles. The monoisotopic (exact) mass is 296 g/mol. The topological polar surface area (TPSA) is 71.5 Å². The summed E-state index contributed by atoms with van der Waals surface area (Å²) in [7, 11) is -0.940. The van der Waals surface area contributed by atoms with Gasteiger partial charge in [-0.1, -0.05) is 13.0 Å². The van der Waals surface area contributed by atoms with Crippen LogP contribution in [0.1, 0.15) is 40.9 Å². The average molecular weight is 296 g/mol. The first kappa shape index (κ1) is 14.7. The van der Waals surface area contributed by atoms with Crippen molar-refractivity contribution in [2.75, 3.05) is 0 Å². The summed E-state index contributed by atoms with van der Waals surface area (Å²) in [6, 6.07) is 9.01. The van der Waals surface area contributed by atoms with E-state index in [1.54, 1.807) is 24.5 Å². The van der Waals surface area contributed by atoms with Crippen LogP contribution in [0.2, 0.25) is 0 Å². The number of nitrogens with zero attached hydrogens (tertiary/aromatic N) is 1. The second-order valence-corrected chi connectivity index (χ2v) is 5.29. The van der Waals surface area contributed by atoms with Gasteiger partial charge in [-0.05, 0) is 47.3 Å².